The van der Waals surface area contributed by atoms with Crippen molar-refractivity contribution >= 4 is 11.5 Å². The van der Waals surface area contributed by atoms with Crippen molar-refractivity contribution in [1.82, 2.24) is 9.55 Å². The lowest BCUT2D eigenvalue weighted by atomic mass is 9.98. The summed E-state index contributed by atoms with van der Waals surface area (Å²) in [5.74, 6) is 1.20. The predicted octanol–water partition coefficient (Wildman–Crippen LogP) is 2.85. The van der Waals surface area contributed by atoms with E-state index in [9.17, 15) is 4.79 Å². The number of carbonyl (C=O) groups excluding carboxylic acids is 1. The quantitative estimate of drug-likeness (QED) is 0.810. The van der Waals surface area contributed by atoms with E-state index in [4.69, 9.17) is 0 Å². The van der Waals surface area contributed by atoms with Crippen LogP contribution in [0.4, 0.5) is 5.69 Å². The highest BCUT2D eigenvalue weighted by molar-refractivity contribution is 5.94. The first-order valence-corrected chi connectivity index (χ1v) is 7.51. The number of benzene rings is 1. The van der Waals surface area contributed by atoms with Crippen LogP contribution in [0.3, 0.4) is 0 Å². The van der Waals surface area contributed by atoms with E-state index in [1.54, 1.807) is 6.92 Å². The summed E-state index contributed by atoms with van der Waals surface area (Å²) in [5.41, 5.74) is 3.40. The van der Waals surface area contributed by atoms with E-state index >= 15 is 0 Å². The van der Waals surface area contributed by atoms with Crippen LogP contribution in [0.2, 0.25) is 0 Å². The number of aromatic nitrogens is 2. The molecule has 0 atom stereocenters. The molecule has 21 heavy (non-hydrogen) atoms. The van der Waals surface area contributed by atoms with Gasteiger partial charge in [0, 0.05) is 43.3 Å². The van der Waals surface area contributed by atoms with Crippen LogP contribution in [0.5, 0.6) is 0 Å². The molecule has 0 bridgehead atoms. The number of anilines is 1. The van der Waals surface area contributed by atoms with Crippen LogP contribution in [0, 0.1) is 6.92 Å². The Hall–Kier alpha value is -2.10. The minimum absolute atomic E-state index is 0.143. The summed E-state index contributed by atoms with van der Waals surface area (Å²) in [7, 11) is 0. The molecular formula is C17H21N3O. The fourth-order valence-electron chi connectivity index (χ4n) is 2.99. The maximum atomic E-state index is 11.5. The standard InChI is InChI=1S/C17H21N3O/c1-13(21)15-5-6-17-16(12-15)4-3-8-20(17)11-10-19-9-7-18-14(19)2/h5-7,9,12H,3-4,8,10-11H2,1-2H3. The third kappa shape index (κ3) is 2.84. The Kier molecular flexibility index (Phi) is 3.78. The highest BCUT2D eigenvalue weighted by Gasteiger charge is 2.17. The van der Waals surface area contributed by atoms with Gasteiger partial charge in [0.05, 0.1) is 0 Å². The zero-order valence-electron chi connectivity index (χ0n) is 12.7. The molecule has 0 radical (unpaired) electrons. The molecule has 0 unspecified atom stereocenters. The van der Waals surface area contributed by atoms with Crippen molar-refractivity contribution < 1.29 is 4.79 Å². The maximum Gasteiger partial charge on any atom is 0.159 e. The second kappa shape index (κ2) is 5.72. The number of imidazole rings is 1. The lowest BCUT2D eigenvalue weighted by Crippen LogP contribution is -2.32. The second-order valence-electron chi connectivity index (χ2n) is 5.66. The number of rotatable bonds is 4. The minimum Gasteiger partial charge on any atom is -0.370 e. The van der Waals surface area contributed by atoms with Gasteiger partial charge in [-0.15, -0.1) is 0 Å². The maximum absolute atomic E-state index is 11.5. The normalized spacial score (nSPS) is 14.1. The molecular weight excluding hydrogens is 262 g/mol. The van der Waals surface area contributed by atoms with Crippen molar-refractivity contribution in [2.45, 2.75) is 33.2 Å². The number of fused-ring (bicyclic) bond motifs is 1. The van der Waals surface area contributed by atoms with Gasteiger partial charge in [-0.3, -0.25) is 4.79 Å². The van der Waals surface area contributed by atoms with Crippen molar-refractivity contribution in [3.8, 4) is 0 Å². The van der Waals surface area contributed by atoms with E-state index < -0.39 is 0 Å². The topological polar surface area (TPSA) is 38.1 Å². The van der Waals surface area contributed by atoms with Crippen molar-refractivity contribution in [2.24, 2.45) is 0 Å². The Morgan fingerprint density at radius 3 is 2.90 bits per heavy atom. The predicted molar refractivity (Wildman–Crippen MR) is 83.9 cm³/mol. The first-order valence-electron chi connectivity index (χ1n) is 7.51. The monoisotopic (exact) mass is 283 g/mol. The van der Waals surface area contributed by atoms with Crippen LogP contribution in [0.1, 0.15) is 35.1 Å². The zero-order valence-corrected chi connectivity index (χ0v) is 12.7. The van der Waals surface area contributed by atoms with E-state index in [-0.39, 0.29) is 5.78 Å². The highest BCUT2D eigenvalue weighted by Crippen LogP contribution is 2.28. The molecule has 0 saturated carbocycles. The molecule has 1 aliphatic heterocycles. The van der Waals surface area contributed by atoms with Crippen molar-refractivity contribution in [2.75, 3.05) is 18.0 Å². The van der Waals surface area contributed by atoms with Crippen LogP contribution < -0.4 is 4.90 Å². The SMILES string of the molecule is CC(=O)c1ccc2c(c1)CCCN2CCn1ccnc1C. The van der Waals surface area contributed by atoms with E-state index in [0.29, 0.717) is 0 Å². The number of nitrogens with zero attached hydrogens (tertiary/aromatic N) is 3. The van der Waals surface area contributed by atoms with Gasteiger partial charge in [-0.2, -0.15) is 0 Å². The summed E-state index contributed by atoms with van der Waals surface area (Å²) >= 11 is 0. The first-order chi connectivity index (χ1) is 10.1. The van der Waals surface area contributed by atoms with Gasteiger partial charge in [0.2, 0.25) is 0 Å². The molecule has 0 N–H and O–H groups in total. The van der Waals surface area contributed by atoms with E-state index in [0.717, 1.165) is 43.9 Å². The van der Waals surface area contributed by atoms with Crippen LogP contribution in [-0.2, 0) is 13.0 Å². The summed E-state index contributed by atoms with van der Waals surface area (Å²) < 4.78 is 2.18. The Labute approximate surface area is 125 Å². The third-order valence-corrected chi connectivity index (χ3v) is 4.24. The van der Waals surface area contributed by atoms with Crippen molar-refractivity contribution in [3.05, 3.63) is 47.5 Å². The smallest absolute Gasteiger partial charge is 0.159 e. The van der Waals surface area contributed by atoms with E-state index in [1.807, 2.05) is 25.4 Å². The summed E-state index contributed by atoms with van der Waals surface area (Å²) in [5, 5.41) is 0. The molecule has 4 nitrogen and oxygen atoms in total. The Morgan fingerprint density at radius 2 is 2.19 bits per heavy atom. The zero-order chi connectivity index (χ0) is 14.8. The number of hydrogen-bond acceptors (Lipinski definition) is 3. The van der Waals surface area contributed by atoms with Gasteiger partial charge in [0.1, 0.15) is 5.82 Å². The Bertz CT molecular complexity index is 660. The van der Waals surface area contributed by atoms with Crippen LogP contribution in [-0.4, -0.2) is 28.4 Å². The van der Waals surface area contributed by atoms with Gasteiger partial charge >= 0.3 is 0 Å². The molecule has 0 spiro atoms. The molecule has 110 valence electrons. The summed E-state index contributed by atoms with van der Waals surface area (Å²) in [6.45, 7) is 6.66. The minimum atomic E-state index is 0.143. The van der Waals surface area contributed by atoms with E-state index in [1.165, 1.54) is 11.3 Å². The van der Waals surface area contributed by atoms with Crippen LogP contribution >= 0.6 is 0 Å². The molecule has 3 rings (SSSR count). The molecule has 0 fully saturated rings. The molecule has 0 saturated heterocycles. The summed E-state index contributed by atoms with van der Waals surface area (Å²) in [6, 6.07) is 6.11. The molecule has 0 amide bonds. The largest absolute Gasteiger partial charge is 0.370 e. The summed E-state index contributed by atoms with van der Waals surface area (Å²) in [4.78, 5) is 18.2. The molecule has 1 aromatic heterocycles. The fourth-order valence-corrected chi connectivity index (χ4v) is 2.99. The molecule has 2 aromatic rings. The summed E-state index contributed by atoms with van der Waals surface area (Å²) in [6.07, 6.45) is 6.09. The third-order valence-electron chi connectivity index (χ3n) is 4.24. The highest BCUT2D eigenvalue weighted by atomic mass is 16.1. The number of hydrogen-bond donors (Lipinski definition) is 0. The molecule has 0 aliphatic carbocycles. The van der Waals surface area contributed by atoms with Crippen molar-refractivity contribution in [3.63, 3.8) is 0 Å². The number of carbonyl (C=O) groups is 1. The fraction of sp³-hybridized carbons (Fsp3) is 0.412. The van der Waals surface area contributed by atoms with Crippen LogP contribution in [0.25, 0.3) is 0 Å². The molecule has 1 aliphatic rings. The van der Waals surface area contributed by atoms with Gasteiger partial charge in [-0.05, 0) is 50.5 Å². The molecule has 1 aromatic carbocycles. The lowest BCUT2D eigenvalue weighted by molar-refractivity contribution is 0.101. The number of aryl methyl sites for hydroxylation is 2. The average molecular weight is 283 g/mol. The van der Waals surface area contributed by atoms with Gasteiger partial charge in [0.15, 0.2) is 5.78 Å². The number of Topliss-reactive ketones (excluding diaryl/α,β-unsaturated/α-hetero) is 1. The molecule has 2 heterocycles. The van der Waals surface area contributed by atoms with Gasteiger partial charge in [-0.25, -0.2) is 4.98 Å². The lowest BCUT2D eigenvalue weighted by Gasteiger charge is -2.31. The molecule has 4 heteroatoms. The van der Waals surface area contributed by atoms with Gasteiger partial charge in [-0.1, -0.05) is 0 Å². The van der Waals surface area contributed by atoms with Crippen LogP contribution in [0.15, 0.2) is 30.6 Å². The average Bonchev–Trinajstić information content (AvgIpc) is 2.89. The first kappa shape index (κ1) is 13.9. The second-order valence-corrected chi connectivity index (χ2v) is 5.66. The van der Waals surface area contributed by atoms with Gasteiger partial charge in [0.25, 0.3) is 0 Å². The van der Waals surface area contributed by atoms with E-state index in [2.05, 4.69) is 26.6 Å². The van der Waals surface area contributed by atoms with Crippen molar-refractivity contribution in [1.29, 1.82) is 0 Å². The van der Waals surface area contributed by atoms with Gasteiger partial charge < -0.3 is 9.47 Å². The number of ketones is 1. The Balaban J connectivity index is 1.77. The Morgan fingerprint density at radius 1 is 1.33 bits per heavy atom.